The van der Waals surface area contributed by atoms with Crippen molar-refractivity contribution in [2.24, 2.45) is 0 Å². The molecule has 158 valence electrons. The Kier molecular flexibility index (Phi) is 6.79. The minimum absolute atomic E-state index is 0.113. The zero-order valence-electron chi connectivity index (χ0n) is 16.5. The fourth-order valence-electron chi connectivity index (χ4n) is 2.90. The molecule has 0 saturated heterocycles. The molecular weight excluding hydrogens is 412 g/mol. The third-order valence-corrected chi connectivity index (χ3v) is 4.53. The van der Waals surface area contributed by atoms with Crippen LogP contribution >= 0.6 is 11.6 Å². The van der Waals surface area contributed by atoms with E-state index in [9.17, 15) is 14.4 Å². The first-order valence-corrected chi connectivity index (χ1v) is 9.61. The van der Waals surface area contributed by atoms with Gasteiger partial charge >= 0.3 is 12.0 Å². The van der Waals surface area contributed by atoms with Crippen LogP contribution in [0.1, 0.15) is 16.7 Å². The number of nitrogens with one attached hydrogen (secondary N) is 2. The number of esters is 1. The van der Waals surface area contributed by atoms with Crippen LogP contribution in [0, 0.1) is 13.8 Å². The normalized spacial score (nSPS) is 12.1. The zero-order chi connectivity index (χ0) is 21.7. The maximum atomic E-state index is 12.0. The van der Waals surface area contributed by atoms with Crippen LogP contribution in [-0.2, 0) is 20.7 Å². The Hall–Kier alpha value is -3.26. The van der Waals surface area contributed by atoms with Crippen LogP contribution in [0.5, 0.6) is 11.5 Å². The molecule has 2 aromatic carbocycles. The van der Waals surface area contributed by atoms with Gasteiger partial charge < -0.3 is 19.5 Å². The summed E-state index contributed by atoms with van der Waals surface area (Å²) in [6.07, 6.45) is -0.113. The summed E-state index contributed by atoms with van der Waals surface area (Å²) in [6, 6.07) is 8.00. The van der Waals surface area contributed by atoms with Crippen LogP contribution in [0.2, 0.25) is 5.02 Å². The summed E-state index contributed by atoms with van der Waals surface area (Å²) in [7, 11) is 0. The standard InChI is InChI=1S/C21H21ClN2O6/c1-12-3-4-16(13(2)7-12)23-21(27)24-18(25)11-30-19(26)10-14-8-15(22)20-17(9-14)28-5-6-29-20/h3-4,7-9H,5-6,10-11H2,1-2H3,(H2,23,24,25,27). The van der Waals surface area contributed by atoms with E-state index in [0.29, 0.717) is 41.0 Å². The number of carbonyl (C=O) groups excluding carboxylic acids is 3. The van der Waals surface area contributed by atoms with Gasteiger partial charge in [-0.25, -0.2) is 4.79 Å². The molecule has 1 heterocycles. The predicted molar refractivity (Wildman–Crippen MR) is 110 cm³/mol. The lowest BCUT2D eigenvalue weighted by Crippen LogP contribution is -2.37. The third kappa shape index (κ3) is 5.64. The van der Waals surface area contributed by atoms with Gasteiger partial charge in [0.15, 0.2) is 18.1 Å². The second kappa shape index (κ2) is 9.49. The number of hydrogen-bond donors (Lipinski definition) is 2. The van der Waals surface area contributed by atoms with E-state index in [1.54, 1.807) is 18.2 Å². The molecule has 0 radical (unpaired) electrons. The van der Waals surface area contributed by atoms with E-state index in [0.717, 1.165) is 11.1 Å². The van der Waals surface area contributed by atoms with Gasteiger partial charge in [-0.3, -0.25) is 14.9 Å². The van der Waals surface area contributed by atoms with Crippen LogP contribution < -0.4 is 20.1 Å². The Bertz CT molecular complexity index is 992. The number of imide groups is 1. The first-order valence-electron chi connectivity index (χ1n) is 9.23. The van der Waals surface area contributed by atoms with Crippen molar-refractivity contribution in [2.45, 2.75) is 20.3 Å². The summed E-state index contributed by atoms with van der Waals surface area (Å²) < 4.78 is 15.8. The molecule has 9 heteroatoms. The number of carbonyl (C=O) groups is 3. The van der Waals surface area contributed by atoms with Gasteiger partial charge in [0.25, 0.3) is 5.91 Å². The maximum Gasteiger partial charge on any atom is 0.325 e. The van der Waals surface area contributed by atoms with Gasteiger partial charge in [0.1, 0.15) is 13.2 Å². The second-order valence-corrected chi connectivity index (χ2v) is 7.17. The Morgan fingerprint density at radius 2 is 1.87 bits per heavy atom. The molecule has 3 amide bonds. The molecule has 0 bridgehead atoms. The number of benzene rings is 2. The van der Waals surface area contributed by atoms with Crippen molar-refractivity contribution >= 4 is 35.2 Å². The molecule has 0 unspecified atom stereocenters. The average molecular weight is 433 g/mol. The summed E-state index contributed by atoms with van der Waals surface area (Å²) in [5.41, 5.74) is 3.06. The van der Waals surface area contributed by atoms with E-state index in [-0.39, 0.29) is 6.42 Å². The molecule has 30 heavy (non-hydrogen) atoms. The van der Waals surface area contributed by atoms with Crippen molar-refractivity contribution < 1.29 is 28.6 Å². The topological polar surface area (TPSA) is 103 Å². The lowest BCUT2D eigenvalue weighted by Gasteiger charge is -2.20. The highest BCUT2D eigenvalue weighted by Crippen LogP contribution is 2.38. The van der Waals surface area contributed by atoms with Gasteiger partial charge in [-0.15, -0.1) is 0 Å². The molecule has 0 saturated carbocycles. The highest BCUT2D eigenvalue weighted by Gasteiger charge is 2.18. The highest BCUT2D eigenvalue weighted by molar-refractivity contribution is 6.32. The zero-order valence-corrected chi connectivity index (χ0v) is 17.3. The van der Waals surface area contributed by atoms with E-state index in [1.807, 2.05) is 26.0 Å². The second-order valence-electron chi connectivity index (χ2n) is 6.76. The van der Waals surface area contributed by atoms with Crippen molar-refractivity contribution in [1.82, 2.24) is 5.32 Å². The number of fused-ring (bicyclic) bond motifs is 1. The van der Waals surface area contributed by atoms with Gasteiger partial charge in [0.05, 0.1) is 11.4 Å². The fraction of sp³-hybridized carbons (Fsp3) is 0.286. The molecule has 8 nitrogen and oxygen atoms in total. The Labute approximate surface area is 178 Å². The van der Waals surface area contributed by atoms with Gasteiger partial charge in [-0.1, -0.05) is 29.3 Å². The lowest BCUT2D eigenvalue weighted by atomic mass is 10.1. The molecule has 0 aromatic heterocycles. The quantitative estimate of drug-likeness (QED) is 0.703. The van der Waals surface area contributed by atoms with Crippen molar-refractivity contribution in [1.29, 1.82) is 0 Å². The summed E-state index contributed by atoms with van der Waals surface area (Å²) in [6.45, 7) is 3.99. The van der Waals surface area contributed by atoms with E-state index in [1.165, 1.54) is 0 Å². The molecule has 0 atom stereocenters. The Morgan fingerprint density at radius 1 is 1.10 bits per heavy atom. The van der Waals surface area contributed by atoms with Crippen LogP contribution in [0.25, 0.3) is 0 Å². The third-order valence-electron chi connectivity index (χ3n) is 4.25. The SMILES string of the molecule is Cc1ccc(NC(=O)NC(=O)COC(=O)Cc2cc(Cl)c3c(c2)OCCO3)c(C)c1. The Morgan fingerprint density at radius 3 is 2.63 bits per heavy atom. The van der Waals surface area contributed by atoms with E-state index in [2.05, 4.69) is 10.6 Å². The lowest BCUT2D eigenvalue weighted by molar-refractivity contribution is -0.147. The number of halogens is 1. The number of rotatable bonds is 5. The van der Waals surface area contributed by atoms with E-state index >= 15 is 0 Å². The summed E-state index contributed by atoms with van der Waals surface area (Å²) in [5.74, 6) is -0.495. The molecule has 0 fully saturated rings. The number of urea groups is 1. The van der Waals surface area contributed by atoms with Crippen LogP contribution in [-0.4, -0.2) is 37.7 Å². The average Bonchev–Trinajstić information content (AvgIpc) is 2.68. The maximum absolute atomic E-state index is 12.0. The van der Waals surface area contributed by atoms with Crippen molar-refractivity contribution in [3.05, 3.63) is 52.0 Å². The summed E-state index contributed by atoms with van der Waals surface area (Å²) in [5, 5.41) is 5.02. The van der Waals surface area contributed by atoms with Gasteiger partial charge in [-0.2, -0.15) is 0 Å². The molecular formula is C21H21ClN2O6. The number of amides is 3. The molecule has 1 aliphatic heterocycles. The molecule has 0 spiro atoms. The minimum atomic E-state index is -0.745. The number of ether oxygens (including phenoxy) is 3. The number of aryl methyl sites for hydroxylation is 2. The Balaban J connectivity index is 1.47. The molecule has 3 rings (SSSR count). The number of anilines is 1. The fourth-order valence-corrected chi connectivity index (χ4v) is 3.19. The molecule has 1 aliphatic rings. The molecule has 2 N–H and O–H groups in total. The molecule has 0 aliphatic carbocycles. The smallest absolute Gasteiger partial charge is 0.325 e. The minimum Gasteiger partial charge on any atom is -0.486 e. The largest absolute Gasteiger partial charge is 0.486 e. The molecule has 2 aromatic rings. The van der Waals surface area contributed by atoms with Crippen molar-refractivity contribution in [3.8, 4) is 11.5 Å². The van der Waals surface area contributed by atoms with E-state index < -0.39 is 24.5 Å². The van der Waals surface area contributed by atoms with Crippen molar-refractivity contribution in [3.63, 3.8) is 0 Å². The van der Waals surface area contributed by atoms with Crippen LogP contribution in [0.3, 0.4) is 0 Å². The summed E-state index contributed by atoms with van der Waals surface area (Å²) >= 11 is 6.14. The highest BCUT2D eigenvalue weighted by atomic mass is 35.5. The van der Waals surface area contributed by atoms with Crippen molar-refractivity contribution in [2.75, 3.05) is 25.1 Å². The van der Waals surface area contributed by atoms with Gasteiger partial charge in [-0.05, 0) is 43.2 Å². The van der Waals surface area contributed by atoms with Gasteiger partial charge in [0.2, 0.25) is 0 Å². The first-order chi connectivity index (χ1) is 14.3. The van der Waals surface area contributed by atoms with Crippen LogP contribution in [0.15, 0.2) is 30.3 Å². The number of hydrogen-bond acceptors (Lipinski definition) is 6. The van der Waals surface area contributed by atoms with Gasteiger partial charge in [0, 0.05) is 5.69 Å². The van der Waals surface area contributed by atoms with E-state index in [4.69, 9.17) is 25.8 Å². The van der Waals surface area contributed by atoms with Crippen LogP contribution in [0.4, 0.5) is 10.5 Å². The summed E-state index contributed by atoms with van der Waals surface area (Å²) in [4.78, 5) is 35.9. The predicted octanol–water partition coefficient (Wildman–Crippen LogP) is 3.16. The first kappa shape index (κ1) is 21.4. The monoisotopic (exact) mass is 432 g/mol.